The number of halogens is 1. The summed E-state index contributed by atoms with van der Waals surface area (Å²) in [4.78, 5) is -0.0698. The van der Waals surface area contributed by atoms with E-state index in [1.807, 2.05) is 19.1 Å². The summed E-state index contributed by atoms with van der Waals surface area (Å²) >= 11 is 2.22. The fourth-order valence-electron chi connectivity index (χ4n) is 1.54. The Hall–Kier alpha value is -0.660. The van der Waals surface area contributed by atoms with Gasteiger partial charge in [0.25, 0.3) is 10.1 Å². The van der Waals surface area contributed by atoms with Gasteiger partial charge in [-0.2, -0.15) is 8.42 Å². The average molecular weight is 406 g/mol. The van der Waals surface area contributed by atoms with Crippen LogP contribution in [0.1, 0.15) is 32.3 Å². The van der Waals surface area contributed by atoms with Crippen LogP contribution in [0.5, 0.6) is 0 Å². The molecule has 0 radical (unpaired) electrons. The molecule has 0 bridgehead atoms. The summed E-state index contributed by atoms with van der Waals surface area (Å²) in [6.07, 6.45) is 2.64. The third kappa shape index (κ3) is 4.43. The summed E-state index contributed by atoms with van der Waals surface area (Å²) in [5.74, 6) is 0. The van der Waals surface area contributed by atoms with Crippen LogP contribution in [0.4, 0.5) is 0 Å². The summed E-state index contributed by atoms with van der Waals surface area (Å²) in [6.45, 7) is 6.36. The van der Waals surface area contributed by atoms with Crippen molar-refractivity contribution in [2.24, 2.45) is 0 Å². The number of unbranched alkanes of at least 4 members (excludes halogenated alkanes) is 1. The SMILES string of the molecule is CCCC.Cc1ccc2cc(S(=O)(=O)O)ccc2c1I. The van der Waals surface area contributed by atoms with Gasteiger partial charge >= 0.3 is 0 Å². The molecule has 0 saturated carbocycles. The van der Waals surface area contributed by atoms with Crippen molar-refractivity contribution in [3.8, 4) is 0 Å². The topological polar surface area (TPSA) is 54.4 Å². The molecule has 0 aromatic heterocycles. The highest BCUT2D eigenvalue weighted by Gasteiger charge is 2.10. The van der Waals surface area contributed by atoms with Crippen LogP contribution in [0, 0.1) is 10.5 Å². The van der Waals surface area contributed by atoms with Crippen LogP contribution in [0.3, 0.4) is 0 Å². The Labute approximate surface area is 134 Å². The standard InChI is InChI=1S/C11H9IO3S.C4H10/c1-7-2-3-8-6-9(16(13,14)15)4-5-10(8)11(7)12;1-3-4-2/h2-6H,1H3,(H,13,14,15);3-4H2,1-2H3. The molecule has 0 fully saturated rings. The minimum Gasteiger partial charge on any atom is -0.282 e. The van der Waals surface area contributed by atoms with E-state index in [4.69, 9.17) is 4.55 Å². The first-order valence-corrected chi connectivity index (χ1v) is 8.99. The Morgan fingerprint density at radius 2 is 1.70 bits per heavy atom. The van der Waals surface area contributed by atoms with Crippen molar-refractivity contribution < 1.29 is 13.0 Å². The molecule has 2 aromatic rings. The molecular weight excluding hydrogens is 387 g/mol. The molecule has 5 heteroatoms. The molecule has 110 valence electrons. The van der Waals surface area contributed by atoms with Crippen molar-refractivity contribution in [2.75, 3.05) is 0 Å². The van der Waals surface area contributed by atoms with Crippen molar-refractivity contribution in [3.05, 3.63) is 39.5 Å². The van der Waals surface area contributed by atoms with E-state index >= 15 is 0 Å². The van der Waals surface area contributed by atoms with Gasteiger partial charge < -0.3 is 0 Å². The Kier molecular flexibility index (Phi) is 6.42. The first-order chi connectivity index (χ1) is 9.31. The fraction of sp³-hybridized carbons (Fsp3) is 0.333. The molecule has 0 unspecified atom stereocenters. The molecule has 0 aliphatic heterocycles. The zero-order valence-electron chi connectivity index (χ0n) is 11.9. The van der Waals surface area contributed by atoms with E-state index in [0.717, 1.165) is 19.9 Å². The third-order valence-corrected chi connectivity index (χ3v) is 5.20. The van der Waals surface area contributed by atoms with Crippen molar-refractivity contribution >= 4 is 43.5 Å². The molecule has 0 aliphatic rings. The summed E-state index contributed by atoms with van der Waals surface area (Å²) < 4.78 is 32.0. The van der Waals surface area contributed by atoms with Crippen LogP contribution in [-0.2, 0) is 10.1 Å². The van der Waals surface area contributed by atoms with E-state index in [-0.39, 0.29) is 4.90 Å². The summed E-state index contributed by atoms with van der Waals surface area (Å²) in [6, 6.07) is 8.39. The number of benzene rings is 2. The molecule has 20 heavy (non-hydrogen) atoms. The van der Waals surface area contributed by atoms with E-state index in [2.05, 4.69) is 36.4 Å². The van der Waals surface area contributed by atoms with Gasteiger partial charge in [0.05, 0.1) is 4.90 Å². The van der Waals surface area contributed by atoms with Crippen molar-refractivity contribution in [2.45, 2.75) is 38.5 Å². The quantitative estimate of drug-likeness (QED) is 0.576. The van der Waals surface area contributed by atoms with Gasteiger partial charge in [-0.15, -0.1) is 0 Å². The van der Waals surface area contributed by atoms with Gasteiger partial charge in [-0.05, 0) is 58.0 Å². The Morgan fingerprint density at radius 3 is 2.20 bits per heavy atom. The molecule has 0 spiro atoms. The second-order valence-electron chi connectivity index (χ2n) is 4.55. The zero-order valence-corrected chi connectivity index (χ0v) is 14.8. The maximum atomic E-state index is 11.0. The molecule has 0 saturated heterocycles. The van der Waals surface area contributed by atoms with Crippen LogP contribution in [0.25, 0.3) is 10.8 Å². The number of hydrogen-bond donors (Lipinski definition) is 1. The Bertz CT molecular complexity index is 692. The largest absolute Gasteiger partial charge is 0.294 e. The lowest BCUT2D eigenvalue weighted by Gasteiger charge is -2.05. The number of fused-ring (bicyclic) bond motifs is 1. The minimum absolute atomic E-state index is 0.0698. The van der Waals surface area contributed by atoms with Gasteiger partial charge in [0.2, 0.25) is 0 Å². The highest BCUT2D eigenvalue weighted by Crippen LogP contribution is 2.26. The summed E-state index contributed by atoms with van der Waals surface area (Å²) in [5.41, 5.74) is 1.15. The maximum absolute atomic E-state index is 11.0. The Morgan fingerprint density at radius 1 is 1.10 bits per heavy atom. The van der Waals surface area contributed by atoms with E-state index in [9.17, 15) is 8.42 Å². The van der Waals surface area contributed by atoms with Crippen LogP contribution in [-0.4, -0.2) is 13.0 Å². The molecule has 1 N–H and O–H groups in total. The Balaban J connectivity index is 0.000000444. The van der Waals surface area contributed by atoms with Crippen molar-refractivity contribution in [1.29, 1.82) is 0 Å². The summed E-state index contributed by atoms with van der Waals surface area (Å²) in [7, 11) is -4.12. The predicted molar refractivity (Wildman–Crippen MR) is 91.8 cm³/mol. The second-order valence-corrected chi connectivity index (χ2v) is 7.05. The smallest absolute Gasteiger partial charge is 0.282 e. The highest BCUT2D eigenvalue weighted by atomic mass is 127. The van der Waals surface area contributed by atoms with E-state index in [0.29, 0.717) is 0 Å². The van der Waals surface area contributed by atoms with E-state index in [1.54, 1.807) is 6.07 Å². The first-order valence-electron chi connectivity index (χ1n) is 6.47. The van der Waals surface area contributed by atoms with Gasteiger partial charge in [-0.25, -0.2) is 0 Å². The van der Waals surface area contributed by atoms with Gasteiger partial charge in [0.15, 0.2) is 0 Å². The van der Waals surface area contributed by atoms with Crippen LogP contribution in [0.2, 0.25) is 0 Å². The molecule has 0 heterocycles. The lowest BCUT2D eigenvalue weighted by molar-refractivity contribution is 0.483. The van der Waals surface area contributed by atoms with Crippen LogP contribution < -0.4 is 0 Å². The monoisotopic (exact) mass is 406 g/mol. The van der Waals surface area contributed by atoms with Crippen LogP contribution in [0.15, 0.2) is 35.2 Å². The average Bonchev–Trinajstić information content (AvgIpc) is 2.42. The van der Waals surface area contributed by atoms with Crippen LogP contribution >= 0.6 is 22.6 Å². The molecular formula is C15H19IO3S. The summed E-state index contributed by atoms with van der Waals surface area (Å²) in [5, 5.41) is 1.80. The molecule has 2 aromatic carbocycles. The normalized spacial score (nSPS) is 11.1. The molecule has 3 nitrogen and oxygen atoms in total. The highest BCUT2D eigenvalue weighted by molar-refractivity contribution is 14.1. The molecule has 0 amide bonds. The fourth-order valence-corrected chi connectivity index (χ4v) is 2.73. The lowest BCUT2D eigenvalue weighted by Crippen LogP contribution is -1.97. The van der Waals surface area contributed by atoms with E-state index < -0.39 is 10.1 Å². The third-order valence-electron chi connectivity index (χ3n) is 2.92. The van der Waals surface area contributed by atoms with Gasteiger partial charge in [-0.3, -0.25) is 4.55 Å². The lowest BCUT2D eigenvalue weighted by atomic mass is 10.1. The molecule has 0 aliphatic carbocycles. The molecule has 2 rings (SSSR count). The van der Waals surface area contributed by atoms with E-state index in [1.165, 1.54) is 25.0 Å². The van der Waals surface area contributed by atoms with Crippen molar-refractivity contribution in [1.82, 2.24) is 0 Å². The second kappa shape index (κ2) is 7.38. The van der Waals surface area contributed by atoms with Crippen molar-refractivity contribution in [3.63, 3.8) is 0 Å². The van der Waals surface area contributed by atoms with Gasteiger partial charge in [0.1, 0.15) is 0 Å². The predicted octanol–water partition coefficient (Wildman–Crippen LogP) is 4.81. The number of rotatable bonds is 2. The number of aryl methyl sites for hydroxylation is 1. The number of hydrogen-bond acceptors (Lipinski definition) is 2. The minimum atomic E-state index is -4.12. The zero-order chi connectivity index (χ0) is 15.3. The maximum Gasteiger partial charge on any atom is 0.294 e. The van der Waals surface area contributed by atoms with Gasteiger partial charge in [-0.1, -0.05) is 44.9 Å². The molecule has 0 atom stereocenters. The van der Waals surface area contributed by atoms with Gasteiger partial charge in [0, 0.05) is 3.57 Å². The first kappa shape index (κ1) is 17.4.